The molecule has 1 aliphatic heterocycles. The SMILES string of the molecule is CCCCCCCCCCCCCCCC(=O)O[C@H](COC(=O)CCCCCCCCCCC)CO[C@@H]1O[C@H](CO)[C@H](O)C(O)C1O. The summed E-state index contributed by atoms with van der Waals surface area (Å²) in [6, 6.07) is 0. The summed E-state index contributed by atoms with van der Waals surface area (Å²) < 4.78 is 22.0. The molecule has 10 nitrogen and oxygen atoms in total. The van der Waals surface area contributed by atoms with Gasteiger partial charge in [-0.15, -0.1) is 0 Å². The molecule has 0 aromatic heterocycles. The molecule has 0 aromatic rings. The maximum atomic E-state index is 12.7. The molecule has 0 spiro atoms. The van der Waals surface area contributed by atoms with Gasteiger partial charge in [-0.05, 0) is 12.8 Å². The minimum atomic E-state index is -1.59. The predicted octanol–water partition coefficient (Wildman–Crippen LogP) is 6.66. The summed E-state index contributed by atoms with van der Waals surface area (Å²) >= 11 is 0. The zero-order valence-corrected chi connectivity index (χ0v) is 29.8. The number of esters is 2. The van der Waals surface area contributed by atoms with Crippen LogP contribution in [0.25, 0.3) is 0 Å². The van der Waals surface area contributed by atoms with Gasteiger partial charge in [0.1, 0.15) is 31.0 Å². The molecule has 0 aliphatic carbocycles. The van der Waals surface area contributed by atoms with Crippen molar-refractivity contribution in [3.05, 3.63) is 0 Å². The molecule has 0 bridgehead atoms. The monoisotopic (exact) mass is 674 g/mol. The molecule has 1 rings (SSSR count). The van der Waals surface area contributed by atoms with Gasteiger partial charge < -0.3 is 39.4 Å². The quantitative estimate of drug-likeness (QED) is 0.0464. The van der Waals surface area contributed by atoms with Crippen molar-refractivity contribution in [2.75, 3.05) is 19.8 Å². The summed E-state index contributed by atoms with van der Waals surface area (Å²) in [6.45, 7) is 3.39. The number of aliphatic hydroxyl groups excluding tert-OH is 4. The molecule has 47 heavy (non-hydrogen) atoms. The van der Waals surface area contributed by atoms with Crippen molar-refractivity contribution in [3.63, 3.8) is 0 Å². The van der Waals surface area contributed by atoms with Crippen molar-refractivity contribution in [2.45, 2.75) is 205 Å². The highest BCUT2D eigenvalue weighted by Gasteiger charge is 2.44. The fourth-order valence-electron chi connectivity index (χ4n) is 5.89. The Hall–Kier alpha value is -1.30. The van der Waals surface area contributed by atoms with E-state index in [0.29, 0.717) is 6.42 Å². The third-order valence-corrected chi connectivity index (χ3v) is 8.99. The molecule has 1 heterocycles. The van der Waals surface area contributed by atoms with E-state index < -0.39 is 49.4 Å². The molecule has 0 saturated carbocycles. The number of ether oxygens (including phenoxy) is 4. The molecular weight excluding hydrogens is 604 g/mol. The number of hydrogen-bond acceptors (Lipinski definition) is 10. The number of aliphatic hydroxyl groups is 4. The van der Waals surface area contributed by atoms with E-state index in [4.69, 9.17) is 18.9 Å². The van der Waals surface area contributed by atoms with Crippen molar-refractivity contribution < 1.29 is 49.0 Å². The number of unbranched alkanes of at least 4 members (excludes halogenated alkanes) is 20. The third-order valence-electron chi connectivity index (χ3n) is 8.99. The summed E-state index contributed by atoms with van der Waals surface area (Å²) in [6.07, 6.45) is 18.3. The first-order valence-corrected chi connectivity index (χ1v) is 19.1. The van der Waals surface area contributed by atoms with Crippen molar-refractivity contribution in [3.8, 4) is 0 Å². The molecule has 1 aliphatic rings. The second kappa shape index (κ2) is 29.6. The van der Waals surface area contributed by atoms with Crippen LogP contribution in [0.3, 0.4) is 0 Å². The van der Waals surface area contributed by atoms with Gasteiger partial charge in [-0.2, -0.15) is 0 Å². The number of carbonyl (C=O) groups is 2. The average Bonchev–Trinajstić information content (AvgIpc) is 3.06. The van der Waals surface area contributed by atoms with Crippen LogP contribution in [0.5, 0.6) is 0 Å². The molecule has 10 heteroatoms. The summed E-state index contributed by atoms with van der Waals surface area (Å²) in [4.78, 5) is 25.1. The van der Waals surface area contributed by atoms with Crippen LogP contribution >= 0.6 is 0 Å². The van der Waals surface area contributed by atoms with Gasteiger partial charge in [0.2, 0.25) is 0 Å². The molecule has 0 amide bonds. The highest BCUT2D eigenvalue weighted by molar-refractivity contribution is 5.70. The van der Waals surface area contributed by atoms with Gasteiger partial charge in [-0.1, -0.05) is 142 Å². The summed E-state index contributed by atoms with van der Waals surface area (Å²) in [5.41, 5.74) is 0. The standard InChI is InChI=1S/C37H70O10/c1-3-5-7-9-11-13-14-15-16-18-20-22-24-26-33(40)46-30(29-45-37-36(43)35(42)34(41)31(27-38)47-37)28-44-32(39)25-23-21-19-17-12-10-8-6-4-2/h30-31,34-38,41-43H,3-29H2,1-2H3/t30-,31-,34+,35?,36?,37-/m1/s1. The molecule has 6 atom stereocenters. The lowest BCUT2D eigenvalue weighted by molar-refractivity contribution is -0.305. The second-order valence-electron chi connectivity index (χ2n) is 13.4. The van der Waals surface area contributed by atoms with Gasteiger partial charge in [-0.3, -0.25) is 9.59 Å². The van der Waals surface area contributed by atoms with Crippen LogP contribution in [0.4, 0.5) is 0 Å². The lowest BCUT2D eigenvalue weighted by atomic mass is 9.99. The van der Waals surface area contributed by atoms with E-state index in [1.165, 1.54) is 96.3 Å². The Balaban J connectivity index is 2.39. The van der Waals surface area contributed by atoms with Crippen LogP contribution in [0, 0.1) is 0 Å². The van der Waals surface area contributed by atoms with Gasteiger partial charge in [-0.25, -0.2) is 0 Å². The summed E-state index contributed by atoms with van der Waals surface area (Å²) in [7, 11) is 0. The molecule has 278 valence electrons. The van der Waals surface area contributed by atoms with Crippen molar-refractivity contribution in [1.82, 2.24) is 0 Å². The zero-order valence-electron chi connectivity index (χ0n) is 29.8. The third kappa shape index (κ3) is 22.1. The molecule has 1 fully saturated rings. The normalized spacial score (nSPS) is 21.9. The van der Waals surface area contributed by atoms with E-state index in [1.54, 1.807) is 0 Å². The topological polar surface area (TPSA) is 152 Å². The Kier molecular flexibility index (Phi) is 27.5. The molecule has 4 N–H and O–H groups in total. The van der Waals surface area contributed by atoms with Crippen LogP contribution in [-0.2, 0) is 28.5 Å². The fourth-order valence-corrected chi connectivity index (χ4v) is 5.89. The van der Waals surface area contributed by atoms with Crippen LogP contribution in [0.15, 0.2) is 0 Å². The van der Waals surface area contributed by atoms with E-state index >= 15 is 0 Å². The lowest BCUT2D eigenvalue weighted by Crippen LogP contribution is -2.59. The maximum Gasteiger partial charge on any atom is 0.306 e. The molecule has 0 aromatic carbocycles. The first kappa shape index (κ1) is 43.7. The summed E-state index contributed by atoms with van der Waals surface area (Å²) in [5, 5.41) is 39.8. The summed E-state index contributed by atoms with van der Waals surface area (Å²) in [5.74, 6) is -0.802. The Morgan fingerprint density at radius 3 is 1.45 bits per heavy atom. The van der Waals surface area contributed by atoms with Gasteiger partial charge in [0, 0.05) is 12.8 Å². The van der Waals surface area contributed by atoms with Crippen molar-refractivity contribution in [1.29, 1.82) is 0 Å². The van der Waals surface area contributed by atoms with Gasteiger partial charge in [0.15, 0.2) is 12.4 Å². The van der Waals surface area contributed by atoms with Crippen LogP contribution in [0.2, 0.25) is 0 Å². The Labute approximate surface area is 285 Å². The van der Waals surface area contributed by atoms with E-state index in [-0.39, 0.29) is 32.0 Å². The van der Waals surface area contributed by atoms with Crippen LogP contribution in [0.1, 0.15) is 168 Å². The van der Waals surface area contributed by atoms with Crippen molar-refractivity contribution >= 4 is 11.9 Å². The second-order valence-corrected chi connectivity index (χ2v) is 13.4. The van der Waals surface area contributed by atoms with E-state index in [9.17, 15) is 30.0 Å². The van der Waals surface area contributed by atoms with Gasteiger partial charge >= 0.3 is 11.9 Å². The van der Waals surface area contributed by atoms with Crippen LogP contribution in [-0.4, -0.2) is 89.0 Å². The van der Waals surface area contributed by atoms with E-state index in [0.717, 1.165) is 38.5 Å². The lowest BCUT2D eigenvalue weighted by Gasteiger charge is -2.39. The maximum absolute atomic E-state index is 12.7. The average molecular weight is 675 g/mol. The Morgan fingerprint density at radius 2 is 1.00 bits per heavy atom. The van der Waals surface area contributed by atoms with Gasteiger partial charge in [0.05, 0.1) is 13.2 Å². The van der Waals surface area contributed by atoms with E-state index in [2.05, 4.69) is 13.8 Å². The van der Waals surface area contributed by atoms with Crippen molar-refractivity contribution in [2.24, 2.45) is 0 Å². The first-order valence-electron chi connectivity index (χ1n) is 19.1. The zero-order chi connectivity index (χ0) is 34.5. The first-order chi connectivity index (χ1) is 22.8. The van der Waals surface area contributed by atoms with Crippen LogP contribution < -0.4 is 0 Å². The molecule has 0 radical (unpaired) electrons. The highest BCUT2D eigenvalue weighted by atomic mass is 16.7. The van der Waals surface area contributed by atoms with Gasteiger partial charge in [0.25, 0.3) is 0 Å². The van der Waals surface area contributed by atoms with E-state index in [1.807, 2.05) is 0 Å². The number of rotatable bonds is 31. The molecule has 2 unspecified atom stereocenters. The Morgan fingerprint density at radius 1 is 0.574 bits per heavy atom. The number of hydrogen-bond donors (Lipinski definition) is 4. The smallest absolute Gasteiger partial charge is 0.306 e. The predicted molar refractivity (Wildman–Crippen MR) is 183 cm³/mol. The fraction of sp³-hybridized carbons (Fsp3) is 0.946. The Bertz CT molecular complexity index is 749. The minimum absolute atomic E-state index is 0.210. The number of carbonyl (C=O) groups excluding carboxylic acids is 2. The highest BCUT2D eigenvalue weighted by Crippen LogP contribution is 2.22. The molecule has 1 saturated heterocycles. The molecular formula is C37H70O10. The largest absolute Gasteiger partial charge is 0.462 e. The minimum Gasteiger partial charge on any atom is -0.462 e.